The quantitative estimate of drug-likeness (QED) is 0.735. The van der Waals surface area contributed by atoms with Gasteiger partial charge >= 0.3 is 0 Å². The second-order valence-corrected chi connectivity index (χ2v) is 6.82. The van der Waals surface area contributed by atoms with Crippen molar-refractivity contribution in [3.63, 3.8) is 0 Å². The molecule has 1 unspecified atom stereocenters. The van der Waals surface area contributed by atoms with Crippen LogP contribution in [0.4, 0.5) is 5.69 Å². The van der Waals surface area contributed by atoms with Crippen molar-refractivity contribution in [2.24, 2.45) is 0 Å². The third-order valence-electron chi connectivity index (χ3n) is 3.11. The van der Waals surface area contributed by atoms with E-state index in [1.165, 1.54) is 0 Å². The van der Waals surface area contributed by atoms with E-state index in [4.69, 9.17) is 0 Å². The second-order valence-electron chi connectivity index (χ2n) is 5.08. The van der Waals surface area contributed by atoms with Gasteiger partial charge in [-0.05, 0) is 31.9 Å². The highest BCUT2D eigenvalue weighted by atomic mass is 32.2. The predicted molar refractivity (Wildman–Crippen MR) is 84.5 cm³/mol. The van der Waals surface area contributed by atoms with Crippen LogP contribution in [0.2, 0.25) is 0 Å². The van der Waals surface area contributed by atoms with Crippen molar-refractivity contribution in [1.82, 2.24) is 4.72 Å². The molecule has 0 spiro atoms. The largest absolute Gasteiger partial charge is 0.381 e. The summed E-state index contributed by atoms with van der Waals surface area (Å²) in [5.74, 6) is 0. The summed E-state index contributed by atoms with van der Waals surface area (Å²) in [6.45, 7) is 6.64. The Morgan fingerprint density at radius 2 is 1.85 bits per heavy atom. The molecule has 0 aliphatic carbocycles. The van der Waals surface area contributed by atoms with Gasteiger partial charge in [-0.25, -0.2) is 13.1 Å². The molecule has 0 aliphatic rings. The van der Waals surface area contributed by atoms with Crippen LogP contribution < -0.4 is 10.0 Å². The topological polar surface area (TPSA) is 58.2 Å². The second kappa shape index (κ2) is 8.27. The van der Waals surface area contributed by atoms with Crippen LogP contribution in [-0.2, 0) is 10.0 Å². The molecule has 5 heteroatoms. The highest BCUT2D eigenvalue weighted by molar-refractivity contribution is 7.89. The molecule has 4 nitrogen and oxygen atoms in total. The lowest BCUT2D eigenvalue weighted by Gasteiger charge is -2.18. The predicted octanol–water partition coefficient (Wildman–Crippen LogP) is 3.37. The van der Waals surface area contributed by atoms with E-state index in [0.717, 1.165) is 25.7 Å². The molecule has 0 aromatic heterocycles. The van der Waals surface area contributed by atoms with Gasteiger partial charge in [-0.15, -0.1) is 0 Å². The van der Waals surface area contributed by atoms with Gasteiger partial charge in [-0.1, -0.05) is 38.8 Å². The molecule has 0 saturated carbocycles. The van der Waals surface area contributed by atoms with Gasteiger partial charge in [0, 0.05) is 12.6 Å². The van der Waals surface area contributed by atoms with E-state index in [1.54, 1.807) is 12.1 Å². The summed E-state index contributed by atoms with van der Waals surface area (Å²) in [5, 5.41) is 3.31. The van der Waals surface area contributed by atoms with E-state index in [0.29, 0.717) is 17.1 Å². The van der Waals surface area contributed by atoms with Gasteiger partial charge in [0.15, 0.2) is 0 Å². The molecule has 0 heterocycles. The zero-order valence-corrected chi connectivity index (χ0v) is 13.5. The maximum absolute atomic E-state index is 12.3. The number of hydrogen-bond donors (Lipinski definition) is 2. The van der Waals surface area contributed by atoms with E-state index in [9.17, 15) is 8.42 Å². The third kappa shape index (κ3) is 5.13. The minimum atomic E-state index is -3.43. The number of unbranched alkanes of at least 4 members (excludes halogenated alkanes) is 1. The fourth-order valence-electron chi connectivity index (χ4n) is 1.98. The first-order valence-electron chi connectivity index (χ1n) is 7.36. The smallest absolute Gasteiger partial charge is 0.242 e. The number of hydrogen-bond acceptors (Lipinski definition) is 3. The summed E-state index contributed by atoms with van der Waals surface area (Å²) in [6, 6.07) is 7.34. The van der Waals surface area contributed by atoms with Crippen LogP contribution >= 0.6 is 0 Å². The van der Waals surface area contributed by atoms with Gasteiger partial charge < -0.3 is 5.32 Å². The molecule has 0 bridgehead atoms. The molecular weight excluding hydrogens is 272 g/mol. The van der Waals surface area contributed by atoms with E-state index < -0.39 is 10.0 Å². The summed E-state index contributed by atoms with van der Waals surface area (Å²) >= 11 is 0. The van der Waals surface area contributed by atoms with Crippen molar-refractivity contribution in [2.75, 3.05) is 11.9 Å². The minimum Gasteiger partial charge on any atom is -0.381 e. The summed E-state index contributed by atoms with van der Waals surface area (Å²) < 4.78 is 27.1. The highest BCUT2D eigenvalue weighted by Crippen LogP contribution is 2.22. The number of rotatable bonds is 9. The van der Waals surface area contributed by atoms with Crippen LogP contribution in [0.25, 0.3) is 0 Å². The van der Waals surface area contributed by atoms with Gasteiger partial charge in [0.1, 0.15) is 4.90 Å². The van der Waals surface area contributed by atoms with Crippen molar-refractivity contribution in [2.45, 2.75) is 57.4 Å². The fourth-order valence-corrected chi connectivity index (χ4v) is 3.28. The Balaban J connectivity index is 2.88. The normalized spacial score (nSPS) is 13.2. The molecule has 1 atom stereocenters. The standard InChI is InChI=1S/C15H26N2O2S/c1-4-6-9-13(3)17-14-10-7-8-11-15(14)20(18,19)16-12-5-2/h7-8,10-11,13,16-17H,4-6,9,12H2,1-3H3. The molecule has 1 aromatic rings. The van der Waals surface area contributed by atoms with E-state index in [-0.39, 0.29) is 6.04 Å². The average Bonchev–Trinajstić information content (AvgIpc) is 2.43. The number of benzene rings is 1. The SMILES string of the molecule is CCCCC(C)Nc1ccccc1S(=O)(=O)NCCC. The minimum absolute atomic E-state index is 0.262. The van der Waals surface area contributed by atoms with Crippen LogP contribution in [0.5, 0.6) is 0 Å². The van der Waals surface area contributed by atoms with E-state index >= 15 is 0 Å². The maximum atomic E-state index is 12.3. The first kappa shape index (κ1) is 17.0. The average molecular weight is 298 g/mol. The van der Waals surface area contributed by atoms with Crippen molar-refractivity contribution in [3.05, 3.63) is 24.3 Å². The Kier molecular flexibility index (Phi) is 7.02. The number of anilines is 1. The van der Waals surface area contributed by atoms with Gasteiger partial charge in [0.25, 0.3) is 0 Å². The van der Waals surface area contributed by atoms with Gasteiger partial charge in [0.2, 0.25) is 10.0 Å². The Bertz CT molecular complexity index is 500. The van der Waals surface area contributed by atoms with Gasteiger partial charge in [0.05, 0.1) is 5.69 Å². The lowest BCUT2D eigenvalue weighted by molar-refractivity contribution is 0.580. The number of para-hydroxylation sites is 1. The first-order valence-corrected chi connectivity index (χ1v) is 8.84. The zero-order valence-electron chi connectivity index (χ0n) is 12.6. The summed E-state index contributed by atoms with van der Waals surface area (Å²) in [5.41, 5.74) is 0.680. The van der Waals surface area contributed by atoms with E-state index in [1.807, 2.05) is 19.1 Å². The molecular formula is C15H26N2O2S. The molecule has 0 fully saturated rings. The van der Waals surface area contributed by atoms with Crippen molar-refractivity contribution < 1.29 is 8.42 Å². The van der Waals surface area contributed by atoms with Crippen molar-refractivity contribution in [3.8, 4) is 0 Å². The van der Waals surface area contributed by atoms with Crippen LogP contribution in [-0.4, -0.2) is 21.0 Å². The van der Waals surface area contributed by atoms with Crippen LogP contribution in [0.15, 0.2) is 29.2 Å². The zero-order chi connectivity index (χ0) is 15.0. The lowest BCUT2D eigenvalue weighted by Crippen LogP contribution is -2.26. The molecule has 0 radical (unpaired) electrons. The molecule has 2 N–H and O–H groups in total. The van der Waals surface area contributed by atoms with Crippen LogP contribution in [0.1, 0.15) is 46.5 Å². The van der Waals surface area contributed by atoms with Crippen LogP contribution in [0, 0.1) is 0 Å². The van der Waals surface area contributed by atoms with Gasteiger partial charge in [-0.2, -0.15) is 0 Å². The molecule has 0 saturated heterocycles. The molecule has 114 valence electrons. The summed E-state index contributed by atoms with van der Waals surface area (Å²) in [7, 11) is -3.43. The first-order chi connectivity index (χ1) is 9.51. The number of sulfonamides is 1. The molecule has 1 aromatic carbocycles. The van der Waals surface area contributed by atoms with Gasteiger partial charge in [-0.3, -0.25) is 0 Å². The molecule has 1 rings (SSSR count). The van der Waals surface area contributed by atoms with Crippen molar-refractivity contribution in [1.29, 1.82) is 0 Å². The monoisotopic (exact) mass is 298 g/mol. The molecule has 20 heavy (non-hydrogen) atoms. The Hall–Kier alpha value is -1.07. The fraction of sp³-hybridized carbons (Fsp3) is 0.600. The molecule has 0 aliphatic heterocycles. The Morgan fingerprint density at radius 3 is 2.50 bits per heavy atom. The van der Waals surface area contributed by atoms with Crippen molar-refractivity contribution >= 4 is 15.7 Å². The third-order valence-corrected chi connectivity index (χ3v) is 4.63. The summed E-state index contributed by atoms with van der Waals surface area (Å²) in [4.78, 5) is 0.330. The Labute approximate surface area is 123 Å². The Morgan fingerprint density at radius 1 is 1.15 bits per heavy atom. The van der Waals surface area contributed by atoms with Crippen LogP contribution in [0.3, 0.4) is 0 Å². The summed E-state index contributed by atoms with van der Waals surface area (Å²) in [6.07, 6.45) is 4.09. The maximum Gasteiger partial charge on any atom is 0.242 e. The highest BCUT2D eigenvalue weighted by Gasteiger charge is 2.18. The van der Waals surface area contributed by atoms with E-state index in [2.05, 4.69) is 23.9 Å². The number of nitrogens with one attached hydrogen (secondary N) is 2. The molecule has 0 amide bonds. The lowest BCUT2D eigenvalue weighted by atomic mass is 10.1.